The molecule has 2 heterocycles. The number of oxime groups is 1. The van der Waals surface area contributed by atoms with Crippen molar-refractivity contribution in [2.45, 2.75) is 44.8 Å². The zero-order valence-corrected chi connectivity index (χ0v) is 15.3. The standard InChI is InChI=1S/C18H18F3N3O4/c1-16(2,3)27-15(25)24-10-13(9-22-24)11-4-6-12(7-5-11)14-8-17(26,28-23-14)18(19,20)21/h4-7,9-10,26H,8H2,1-3H3. The van der Waals surface area contributed by atoms with Gasteiger partial charge < -0.3 is 14.7 Å². The van der Waals surface area contributed by atoms with E-state index in [1.165, 1.54) is 12.4 Å². The highest BCUT2D eigenvalue weighted by Crippen LogP contribution is 2.39. The molecule has 28 heavy (non-hydrogen) atoms. The van der Waals surface area contributed by atoms with Crippen LogP contribution in [0.15, 0.2) is 41.8 Å². The monoisotopic (exact) mass is 397 g/mol. The molecule has 0 aliphatic carbocycles. The lowest BCUT2D eigenvalue weighted by molar-refractivity contribution is -0.355. The average Bonchev–Trinajstić information content (AvgIpc) is 3.21. The summed E-state index contributed by atoms with van der Waals surface area (Å²) >= 11 is 0. The Kier molecular flexibility index (Phi) is 4.70. The molecule has 1 aromatic heterocycles. The van der Waals surface area contributed by atoms with Crippen LogP contribution in [0.3, 0.4) is 0 Å². The van der Waals surface area contributed by atoms with Crippen LogP contribution in [0.2, 0.25) is 0 Å². The van der Waals surface area contributed by atoms with Gasteiger partial charge in [0, 0.05) is 11.8 Å². The molecule has 150 valence electrons. The number of halogens is 3. The van der Waals surface area contributed by atoms with Gasteiger partial charge in [0.25, 0.3) is 0 Å². The van der Waals surface area contributed by atoms with Crippen LogP contribution in [0.4, 0.5) is 18.0 Å². The van der Waals surface area contributed by atoms with E-state index in [0.29, 0.717) is 16.7 Å². The molecule has 2 aromatic rings. The molecule has 1 unspecified atom stereocenters. The van der Waals surface area contributed by atoms with Crippen LogP contribution in [-0.2, 0) is 9.57 Å². The van der Waals surface area contributed by atoms with Crippen molar-refractivity contribution in [1.29, 1.82) is 0 Å². The van der Waals surface area contributed by atoms with E-state index in [-0.39, 0.29) is 5.71 Å². The quantitative estimate of drug-likeness (QED) is 0.835. The van der Waals surface area contributed by atoms with Crippen molar-refractivity contribution in [3.05, 3.63) is 42.2 Å². The van der Waals surface area contributed by atoms with Crippen molar-refractivity contribution in [1.82, 2.24) is 9.78 Å². The maximum Gasteiger partial charge on any atom is 0.458 e. The molecular weight excluding hydrogens is 379 g/mol. The van der Waals surface area contributed by atoms with Gasteiger partial charge in [0.2, 0.25) is 0 Å². The lowest BCUT2D eigenvalue weighted by atomic mass is 10.00. The molecule has 0 amide bonds. The number of nitrogens with zero attached hydrogens (tertiary/aromatic N) is 3. The fourth-order valence-corrected chi connectivity index (χ4v) is 2.46. The number of aromatic nitrogens is 2. The molecule has 1 atom stereocenters. The zero-order valence-electron chi connectivity index (χ0n) is 15.3. The Morgan fingerprint density at radius 2 is 1.79 bits per heavy atom. The summed E-state index contributed by atoms with van der Waals surface area (Å²) in [7, 11) is 0. The number of hydrogen-bond donors (Lipinski definition) is 1. The normalized spacial score (nSPS) is 19.9. The van der Waals surface area contributed by atoms with Crippen LogP contribution in [-0.4, -0.2) is 44.3 Å². The number of benzene rings is 1. The smallest absolute Gasteiger partial charge is 0.442 e. The third-order valence-electron chi connectivity index (χ3n) is 3.87. The predicted octanol–water partition coefficient (Wildman–Crippen LogP) is 3.71. The van der Waals surface area contributed by atoms with Gasteiger partial charge in [0.1, 0.15) is 5.60 Å². The minimum Gasteiger partial charge on any atom is -0.442 e. The fraction of sp³-hybridized carbons (Fsp3) is 0.389. The second-order valence-electron chi connectivity index (χ2n) is 7.32. The molecule has 0 spiro atoms. The average molecular weight is 397 g/mol. The van der Waals surface area contributed by atoms with Crippen molar-refractivity contribution in [3.63, 3.8) is 0 Å². The topological polar surface area (TPSA) is 85.9 Å². The first-order valence-corrected chi connectivity index (χ1v) is 8.31. The third-order valence-corrected chi connectivity index (χ3v) is 3.87. The second-order valence-corrected chi connectivity index (χ2v) is 7.32. The van der Waals surface area contributed by atoms with Gasteiger partial charge in [-0.15, -0.1) is 0 Å². The van der Waals surface area contributed by atoms with Crippen LogP contribution < -0.4 is 0 Å². The molecule has 0 bridgehead atoms. The molecule has 0 saturated carbocycles. The van der Waals surface area contributed by atoms with E-state index in [4.69, 9.17) is 4.74 Å². The van der Waals surface area contributed by atoms with E-state index < -0.39 is 30.1 Å². The highest BCUT2D eigenvalue weighted by molar-refractivity contribution is 6.01. The SMILES string of the molecule is CC(C)(C)OC(=O)n1cc(-c2ccc(C3=NOC(O)(C(F)(F)F)C3)cc2)cn1. The summed E-state index contributed by atoms with van der Waals surface area (Å²) in [6, 6.07) is 6.37. The van der Waals surface area contributed by atoms with Crippen LogP contribution >= 0.6 is 0 Å². The Labute approximate surface area is 158 Å². The number of hydrogen-bond acceptors (Lipinski definition) is 6. The number of carbonyl (C=O) groups excluding carboxylic acids is 1. The fourth-order valence-electron chi connectivity index (χ4n) is 2.46. The molecule has 10 heteroatoms. The van der Waals surface area contributed by atoms with E-state index in [9.17, 15) is 23.1 Å². The molecule has 1 aromatic carbocycles. The molecule has 1 N–H and O–H groups in total. The van der Waals surface area contributed by atoms with Gasteiger partial charge in [0.15, 0.2) is 0 Å². The van der Waals surface area contributed by atoms with Crippen molar-refractivity contribution >= 4 is 11.8 Å². The molecule has 1 aliphatic rings. The van der Waals surface area contributed by atoms with E-state index in [0.717, 1.165) is 4.68 Å². The molecular formula is C18H18F3N3O4. The Hall–Kier alpha value is -2.88. The molecule has 7 nitrogen and oxygen atoms in total. The van der Waals surface area contributed by atoms with Crippen LogP contribution in [0.1, 0.15) is 32.8 Å². The second kappa shape index (κ2) is 6.62. The predicted molar refractivity (Wildman–Crippen MR) is 92.5 cm³/mol. The van der Waals surface area contributed by atoms with Gasteiger partial charge >= 0.3 is 18.1 Å². The first-order valence-electron chi connectivity index (χ1n) is 8.31. The van der Waals surface area contributed by atoms with Crippen LogP contribution in [0, 0.1) is 0 Å². The van der Waals surface area contributed by atoms with Crippen LogP contribution in [0.5, 0.6) is 0 Å². The Morgan fingerprint density at radius 1 is 1.18 bits per heavy atom. The zero-order chi connectivity index (χ0) is 20.7. The number of ether oxygens (including phenoxy) is 1. The number of rotatable bonds is 2. The van der Waals surface area contributed by atoms with Gasteiger partial charge in [-0.2, -0.15) is 23.0 Å². The highest BCUT2D eigenvalue weighted by atomic mass is 19.4. The first-order chi connectivity index (χ1) is 12.9. The van der Waals surface area contributed by atoms with Gasteiger partial charge in [-0.3, -0.25) is 0 Å². The van der Waals surface area contributed by atoms with Gasteiger partial charge in [0.05, 0.1) is 18.3 Å². The van der Waals surface area contributed by atoms with Crippen molar-refractivity contribution in [3.8, 4) is 11.1 Å². The number of aliphatic hydroxyl groups is 1. The summed E-state index contributed by atoms with van der Waals surface area (Å²) in [5.41, 5.74) is 1.00. The first kappa shape index (κ1) is 19.9. The maximum absolute atomic E-state index is 12.8. The minimum atomic E-state index is -4.95. The molecule has 1 aliphatic heterocycles. The molecule has 0 radical (unpaired) electrons. The lowest BCUT2D eigenvalue weighted by Gasteiger charge is -2.22. The Balaban J connectivity index is 1.73. The van der Waals surface area contributed by atoms with Gasteiger partial charge in [-0.05, 0) is 31.9 Å². The van der Waals surface area contributed by atoms with Crippen molar-refractivity contribution in [2.24, 2.45) is 5.16 Å². The summed E-state index contributed by atoms with van der Waals surface area (Å²) in [6.07, 6.45) is -3.42. The molecule has 0 fully saturated rings. The maximum atomic E-state index is 12.8. The largest absolute Gasteiger partial charge is 0.458 e. The molecule has 0 saturated heterocycles. The van der Waals surface area contributed by atoms with E-state index in [1.54, 1.807) is 45.0 Å². The highest BCUT2D eigenvalue weighted by Gasteiger charge is 2.60. The Morgan fingerprint density at radius 3 is 2.32 bits per heavy atom. The lowest BCUT2D eigenvalue weighted by Crippen LogP contribution is -2.45. The summed E-state index contributed by atoms with van der Waals surface area (Å²) in [5.74, 6) is -3.31. The van der Waals surface area contributed by atoms with Crippen molar-refractivity contribution in [2.75, 3.05) is 0 Å². The van der Waals surface area contributed by atoms with E-state index in [1.807, 2.05) is 0 Å². The van der Waals surface area contributed by atoms with E-state index in [2.05, 4.69) is 15.1 Å². The van der Waals surface area contributed by atoms with E-state index >= 15 is 0 Å². The summed E-state index contributed by atoms with van der Waals surface area (Å²) < 4.78 is 44.7. The summed E-state index contributed by atoms with van der Waals surface area (Å²) in [6.45, 7) is 5.22. The Bertz CT molecular complexity index is 913. The van der Waals surface area contributed by atoms with Gasteiger partial charge in [-0.1, -0.05) is 29.4 Å². The van der Waals surface area contributed by atoms with Crippen LogP contribution in [0.25, 0.3) is 11.1 Å². The minimum absolute atomic E-state index is 0.0178. The number of carbonyl (C=O) groups is 1. The van der Waals surface area contributed by atoms with Crippen molar-refractivity contribution < 1.29 is 32.6 Å². The van der Waals surface area contributed by atoms with Gasteiger partial charge in [-0.25, -0.2) is 4.79 Å². The molecule has 3 rings (SSSR count). The number of alkyl halides is 3. The summed E-state index contributed by atoms with van der Waals surface area (Å²) in [4.78, 5) is 16.2. The summed E-state index contributed by atoms with van der Waals surface area (Å²) in [5, 5.41) is 16.8. The third kappa shape index (κ3) is 4.01.